The monoisotopic (exact) mass is 319 g/mol. The summed E-state index contributed by atoms with van der Waals surface area (Å²) in [4.78, 5) is 28.1. The SMILES string of the molecule is CCCC(NC(=O)c1cc(C)nc2onc(C(C)C)c12)C(=O)O. The number of carboxylic acid groups (broad SMARTS) is 1. The summed E-state index contributed by atoms with van der Waals surface area (Å²) < 4.78 is 5.22. The van der Waals surface area contributed by atoms with Crippen LogP contribution in [0, 0.1) is 6.92 Å². The van der Waals surface area contributed by atoms with E-state index in [0.29, 0.717) is 40.9 Å². The highest BCUT2D eigenvalue weighted by molar-refractivity contribution is 6.07. The van der Waals surface area contributed by atoms with Gasteiger partial charge in [0, 0.05) is 5.69 Å². The number of nitrogens with one attached hydrogen (secondary N) is 1. The van der Waals surface area contributed by atoms with E-state index in [-0.39, 0.29) is 5.92 Å². The maximum Gasteiger partial charge on any atom is 0.326 e. The first-order valence-electron chi connectivity index (χ1n) is 7.65. The van der Waals surface area contributed by atoms with Gasteiger partial charge in [0.15, 0.2) is 0 Å². The second kappa shape index (κ2) is 6.76. The minimum absolute atomic E-state index is 0.0539. The lowest BCUT2D eigenvalue weighted by Crippen LogP contribution is -2.40. The summed E-state index contributed by atoms with van der Waals surface area (Å²) in [5.41, 5.74) is 1.89. The molecule has 2 rings (SSSR count). The molecule has 23 heavy (non-hydrogen) atoms. The van der Waals surface area contributed by atoms with Crippen molar-refractivity contribution in [3.8, 4) is 0 Å². The third-order valence-electron chi connectivity index (χ3n) is 3.57. The molecular formula is C16H21N3O4. The number of hydrogen-bond acceptors (Lipinski definition) is 5. The fraction of sp³-hybridized carbons (Fsp3) is 0.500. The number of nitrogens with zero attached hydrogens (tertiary/aromatic N) is 2. The summed E-state index contributed by atoms with van der Waals surface area (Å²) in [6, 6.07) is 0.712. The highest BCUT2D eigenvalue weighted by Gasteiger charge is 2.25. The van der Waals surface area contributed by atoms with Gasteiger partial charge in [0.25, 0.3) is 11.6 Å². The highest BCUT2D eigenvalue weighted by Crippen LogP contribution is 2.27. The molecule has 0 aliphatic carbocycles. The van der Waals surface area contributed by atoms with E-state index in [4.69, 9.17) is 4.52 Å². The largest absolute Gasteiger partial charge is 0.480 e. The lowest BCUT2D eigenvalue weighted by molar-refractivity contribution is -0.139. The number of fused-ring (bicyclic) bond motifs is 1. The van der Waals surface area contributed by atoms with Crippen LogP contribution >= 0.6 is 0 Å². The van der Waals surface area contributed by atoms with E-state index in [1.165, 1.54) is 0 Å². The molecule has 124 valence electrons. The second-order valence-corrected chi connectivity index (χ2v) is 5.87. The van der Waals surface area contributed by atoms with Gasteiger partial charge in [0.1, 0.15) is 6.04 Å². The van der Waals surface area contributed by atoms with Gasteiger partial charge in [-0.15, -0.1) is 0 Å². The molecule has 0 radical (unpaired) electrons. The first-order chi connectivity index (χ1) is 10.8. The second-order valence-electron chi connectivity index (χ2n) is 5.87. The predicted molar refractivity (Wildman–Crippen MR) is 84.4 cm³/mol. The zero-order valence-electron chi connectivity index (χ0n) is 13.7. The first kappa shape index (κ1) is 16.9. The Kier molecular flexibility index (Phi) is 4.98. The zero-order valence-corrected chi connectivity index (χ0v) is 13.7. The summed E-state index contributed by atoms with van der Waals surface area (Å²) in [6.45, 7) is 7.49. The molecule has 1 unspecified atom stereocenters. The van der Waals surface area contributed by atoms with E-state index in [9.17, 15) is 14.7 Å². The van der Waals surface area contributed by atoms with Crippen LogP contribution in [-0.2, 0) is 4.79 Å². The molecule has 2 heterocycles. The van der Waals surface area contributed by atoms with Gasteiger partial charge in [-0.05, 0) is 25.3 Å². The standard InChI is InChI=1S/C16H21N3O4/c1-5-6-11(16(21)22)18-14(20)10-7-9(4)17-15-12(10)13(8(2)3)19-23-15/h7-8,11H,5-6H2,1-4H3,(H,18,20)(H,21,22). The summed E-state index contributed by atoms with van der Waals surface area (Å²) in [7, 11) is 0. The molecule has 2 aromatic heterocycles. The Morgan fingerprint density at radius 3 is 2.65 bits per heavy atom. The third kappa shape index (κ3) is 3.49. The number of aromatic nitrogens is 2. The van der Waals surface area contributed by atoms with E-state index in [2.05, 4.69) is 15.5 Å². The van der Waals surface area contributed by atoms with Crippen LogP contribution in [0.1, 0.15) is 61.3 Å². The van der Waals surface area contributed by atoms with Crippen molar-refractivity contribution in [3.05, 3.63) is 23.0 Å². The highest BCUT2D eigenvalue weighted by atomic mass is 16.5. The Balaban J connectivity index is 2.47. The minimum Gasteiger partial charge on any atom is -0.480 e. The maximum atomic E-state index is 12.6. The topological polar surface area (TPSA) is 105 Å². The van der Waals surface area contributed by atoms with Crippen LogP contribution in [0.3, 0.4) is 0 Å². The fourth-order valence-electron chi connectivity index (χ4n) is 2.45. The van der Waals surface area contributed by atoms with Crippen molar-refractivity contribution < 1.29 is 19.2 Å². The lowest BCUT2D eigenvalue weighted by Gasteiger charge is -2.14. The minimum atomic E-state index is -1.04. The number of hydrogen-bond donors (Lipinski definition) is 2. The molecule has 0 aromatic carbocycles. The van der Waals surface area contributed by atoms with E-state index < -0.39 is 17.9 Å². The van der Waals surface area contributed by atoms with Crippen molar-refractivity contribution in [2.75, 3.05) is 0 Å². The van der Waals surface area contributed by atoms with Crippen LogP contribution in [0.15, 0.2) is 10.6 Å². The summed E-state index contributed by atoms with van der Waals surface area (Å²) >= 11 is 0. The van der Waals surface area contributed by atoms with Crippen LogP contribution in [-0.4, -0.2) is 33.2 Å². The summed E-state index contributed by atoms with van der Waals surface area (Å²) in [6.07, 6.45) is 1.03. The number of carbonyl (C=O) groups is 2. The quantitative estimate of drug-likeness (QED) is 0.848. The zero-order chi connectivity index (χ0) is 17.1. The van der Waals surface area contributed by atoms with E-state index >= 15 is 0 Å². The van der Waals surface area contributed by atoms with Crippen molar-refractivity contribution in [1.29, 1.82) is 0 Å². The Labute approximate surface area is 134 Å². The Morgan fingerprint density at radius 1 is 1.39 bits per heavy atom. The number of rotatable bonds is 6. The normalized spacial score (nSPS) is 12.6. The number of carbonyl (C=O) groups excluding carboxylic acids is 1. The number of aliphatic carboxylic acids is 1. The molecule has 1 amide bonds. The molecule has 7 heteroatoms. The van der Waals surface area contributed by atoms with Gasteiger partial charge < -0.3 is 14.9 Å². The average Bonchev–Trinajstić information content (AvgIpc) is 2.89. The number of amides is 1. The molecule has 0 aliphatic heterocycles. The van der Waals surface area contributed by atoms with Crippen molar-refractivity contribution in [3.63, 3.8) is 0 Å². The van der Waals surface area contributed by atoms with Gasteiger partial charge in [-0.1, -0.05) is 32.3 Å². The van der Waals surface area contributed by atoms with Crippen LogP contribution in [0.4, 0.5) is 0 Å². The molecule has 0 saturated carbocycles. The molecule has 0 bridgehead atoms. The molecule has 0 aliphatic rings. The van der Waals surface area contributed by atoms with Gasteiger partial charge >= 0.3 is 5.97 Å². The van der Waals surface area contributed by atoms with E-state index in [0.717, 1.165) is 0 Å². The number of carboxylic acids is 1. The maximum absolute atomic E-state index is 12.6. The summed E-state index contributed by atoms with van der Waals surface area (Å²) in [5.74, 6) is -1.44. The lowest BCUT2D eigenvalue weighted by atomic mass is 10.0. The van der Waals surface area contributed by atoms with Crippen molar-refractivity contribution in [2.45, 2.75) is 52.5 Å². The van der Waals surface area contributed by atoms with Crippen molar-refractivity contribution >= 4 is 23.0 Å². The first-order valence-corrected chi connectivity index (χ1v) is 7.65. The van der Waals surface area contributed by atoms with Crippen LogP contribution in [0.2, 0.25) is 0 Å². The van der Waals surface area contributed by atoms with Crippen LogP contribution < -0.4 is 5.32 Å². The smallest absolute Gasteiger partial charge is 0.326 e. The molecule has 0 spiro atoms. The molecular weight excluding hydrogens is 298 g/mol. The van der Waals surface area contributed by atoms with Crippen LogP contribution in [0.5, 0.6) is 0 Å². The Bertz CT molecular complexity index is 736. The van der Waals surface area contributed by atoms with Gasteiger partial charge in [0.2, 0.25) is 0 Å². The predicted octanol–water partition coefficient (Wildman–Crippen LogP) is 2.64. The van der Waals surface area contributed by atoms with Crippen molar-refractivity contribution in [2.24, 2.45) is 0 Å². The molecule has 0 saturated heterocycles. The Hall–Kier alpha value is -2.44. The van der Waals surface area contributed by atoms with Gasteiger partial charge in [-0.25, -0.2) is 9.78 Å². The third-order valence-corrected chi connectivity index (χ3v) is 3.57. The summed E-state index contributed by atoms with van der Waals surface area (Å²) in [5, 5.41) is 16.3. The fourth-order valence-corrected chi connectivity index (χ4v) is 2.45. The van der Waals surface area contributed by atoms with Gasteiger partial charge in [-0.3, -0.25) is 4.79 Å². The average molecular weight is 319 g/mol. The van der Waals surface area contributed by atoms with E-state index in [1.54, 1.807) is 13.0 Å². The molecule has 0 fully saturated rings. The molecule has 7 nitrogen and oxygen atoms in total. The molecule has 2 aromatic rings. The van der Waals surface area contributed by atoms with Gasteiger partial charge in [0.05, 0.1) is 16.6 Å². The Morgan fingerprint density at radius 2 is 2.09 bits per heavy atom. The number of aryl methyl sites for hydroxylation is 1. The van der Waals surface area contributed by atoms with Crippen LogP contribution in [0.25, 0.3) is 11.1 Å². The number of pyridine rings is 1. The molecule has 1 atom stereocenters. The van der Waals surface area contributed by atoms with Crippen molar-refractivity contribution in [1.82, 2.24) is 15.5 Å². The van der Waals surface area contributed by atoms with E-state index in [1.807, 2.05) is 20.8 Å². The molecule has 2 N–H and O–H groups in total. The van der Waals surface area contributed by atoms with Gasteiger partial charge in [-0.2, -0.15) is 0 Å².